The fourth-order valence-corrected chi connectivity index (χ4v) is 2.49. The van der Waals surface area contributed by atoms with E-state index in [1.54, 1.807) is 38.1 Å². The highest BCUT2D eigenvalue weighted by molar-refractivity contribution is 5.90. The second-order valence-electron chi connectivity index (χ2n) is 7.16. The normalized spacial score (nSPS) is 13.3. The van der Waals surface area contributed by atoms with Crippen LogP contribution in [0.15, 0.2) is 89.3 Å². The third-order valence-corrected chi connectivity index (χ3v) is 4.24. The van der Waals surface area contributed by atoms with Gasteiger partial charge in [-0.25, -0.2) is 14.4 Å². The van der Waals surface area contributed by atoms with Gasteiger partial charge < -0.3 is 23.7 Å². The largest absolute Gasteiger partial charge is 0.513 e. The fraction of sp³-hybridized carbons (Fsp3) is 0.259. The lowest BCUT2D eigenvalue weighted by atomic mass is 10.2. The molecular formula is C27H28O8. The summed E-state index contributed by atoms with van der Waals surface area (Å²) in [6, 6.07) is 6.59. The summed E-state index contributed by atoms with van der Waals surface area (Å²) in [6.07, 6.45) is 8.66. The molecule has 0 aromatic heterocycles. The smallest absolute Gasteiger partial charge is 0.494 e. The van der Waals surface area contributed by atoms with E-state index in [2.05, 4.69) is 5.73 Å². The lowest BCUT2D eigenvalue weighted by molar-refractivity contribution is -0.134. The predicted octanol–water partition coefficient (Wildman–Crippen LogP) is 5.69. The van der Waals surface area contributed by atoms with Gasteiger partial charge in [0, 0.05) is 17.7 Å². The molecule has 0 saturated heterocycles. The number of ether oxygens (including phenoxy) is 5. The Balaban J connectivity index is 1.95. The number of carbonyl (C=O) groups excluding carboxylic acids is 3. The van der Waals surface area contributed by atoms with Crippen LogP contribution in [0.3, 0.4) is 0 Å². The Bertz CT molecular complexity index is 1110. The summed E-state index contributed by atoms with van der Waals surface area (Å²) in [6.45, 7) is 7.65. The van der Waals surface area contributed by atoms with Crippen molar-refractivity contribution in [3.05, 3.63) is 94.9 Å². The Hall–Kier alpha value is -4.29. The fourth-order valence-electron chi connectivity index (χ4n) is 2.49. The van der Waals surface area contributed by atoms with E-state index < -0.39 is 18.1 Å². The number of hydrogen-bond acceptors (Lipinski definition) is 8. The minimum atomic E-state index is -0.805. The molecule has 2 rings (SSSR count). The zero-order valence-electron chi connectivity index (χ0n) is 20.2. The van der Waals surface area contributed by atoms with Crippen LogP contribution in [0.1, 0.15) is 44.5 Å². The van der Waals surface area contributed by atoms with Crippen molar-refractivity contribution >= 4 is 18.1 Å². The van der Waals surface area contributed by atoms with Crippen LogP contribution in [0, 0.1) is 0 Å². The molecule has 0 heterocycles. The average Bonchev–Trinajstić information content (AvgIpc) is 3.06. The van der Waals surface area contributed by atoms with Gasteiger partial charge in [0.1, 0.15) is 23.0 Å². The minimum absolute atomic E-state index is 0.200. The quantitative estimate of drug-likeness (QED) is 0.105. The average molecular weight is 481 g/mol. The van der Waals surface area contributed by atoms with E-state index in [-0.39, 0.29) is 29.5 Å². The zero-order valence-corrected chi connectivity index (χ0v) is 20.2. The van der Waals surface area contributed by atoms with Crippen LogP contribution in [0.4, 0.5) is 4.79 Å². The highest BCUT2D eigenvalue weighted by Gasteiger charge is 2.12. The van der Waals surface area contributed by atoms with Crippen LogP contribution in [0.5, 0.6) is 5.75 Å². The monoisotopic (exact) mass is 480 g/mol. The number of benzene rings is 1. The number of allylic oxidation sites excluding steroid dienone is 7. The summed E-state index contributed by atoms with van der Waals surface area (Å²) in [5.74, 6) is 0.182. The van der Waals surface area contributed by atoms with E-state index >= 15 is 0 Å². The number of rotatable bonds is 10. The molecule has 8 nitrogen and oxygen atoms in total. The molecule has 0 saturated carbocycles. The van der Waals surface area contributed by atoms with Crippen molar-refractivity contribution in [1.82, 2.24) is 0 Å². The molecule has 0 fully saturated rings. The van der Waals surface area contributed by atoms with E-state index in [9.17, 15) is 14.4 Å². The molecule has 0 amide bonds. The molecule has 0 atom stereocenters. The first-order chi connectivity index (χ1) is 16.8. The van der Waals surface area contributed by atoms with Crippen molar-refractivity contribution in [2.24, 2.45) is 0 Å². The van der Waals surface area contributed by atoms with Gasteiger partial charge in [-0.3, -0.25) is 0 Å². The van der Waals surface area contributed by atoms with Crippen LogP contribution >= 0.6 is 0 Å². The zero-order chi connectivity index (χ0) is 25.6. The molecule has 1 aliphatic rings. The van der Waals surface area contributed by atoms with Crippen molar-refractivity contribution in [2.75, 3.05) is 13.2 Å². The van der Waals surface area contributed by atoms with Gasteiger partial charge in [0.05, 0.1) is 18.8 Å². The molecule has 0 radical (unpaired) electrons. The van der Waals surface area contributed by atoms with E-state index in [1.165, 1.54) is 36.5 Å². The molecule has 0 N–H and O–H groups in total. The van der Waals surface area contributed by atoms with E-state index in [1.807, 2.05) is 13.8 Å². The summed E-state index contributed by atoms with van der Waals surface area (Å²) in [5.41, 5.74) is 3.43. The molecule has 35 heavy (non-hydrogen) atoms. The third kappa shape index (κ3) is 9.61. The molecular weight excluding hydrogens is 452 g/mol. The van der Waals surface area contributed by atoms with E-state index in [0.717, 1.165) is 0 Å². The second kappa shape index (κ2) is 14.1. The van der Waals surface area contributed by atoms with Crippen molar-refractivity contribution in [2.45, 2.75) is 34.1 Å². The first-order valence-electron chi connectivity index (χ1n) is 11.0. The summed E-state index contributed by atoms with van der Waals surface area (Å²) in [4.78, 5) is 36.2. The predicted molar refractivity (Wildman–Crippen MR) is 128 cm³/mol. The van der Waals surface area contributed by atoms with Gasteiger partial charge in [-0.1, -0.05) is 6.92 Å². The lowest BCUT2D eigenvalue weighted by Crippen LogP contribution is -2.07. The first kappa shape index (κ1) is 27.0. The Morgan fingerprint density at radius 1 is 0.914 bits per heavy atom. The second-order valence-corrected chi connectivity index (χ2v) is 7.16. The maximum absolute atomic E-state index is 12.4. The van der Waals surface area contributed by atoms with Crippen LogP contribution in [0.25, 0.3) is 0 Å². The Morgan fingerprint density at radius 2 is 1.57 bits per heavy atom. The maximum Gasteiger partial charge on any atom is 0.513 e. The first-order valence-corrected chi connectivity index (χ1v) is 11.0. The van der Waals surface area contributed by atoms with Gasteiger partial charge in [-0.15, -0.1) is 5.73 Å². The molecule has 0 spiro atoms. The molecule has 184 valence electrons. The topological polar surface area (TPSA) is 97.4 Å². The van der Waals surface area contributed by atoms with Gasteiger partial charge >= 0.3 is 18.1 Å². The third-order valence-electron chi connectivity index (χ3n) is 4.24. The van der Waals surface area contributed by atoms with Crippen LogP contribution in [-0.4, -0.2) is 31.3 Å². The molecule has 8 heteroatoms. The Labute approximate surface area is 204 Å². The van der Waals surface area contributed by atoms with Gasteiger partial charge in [0.2, 0.25) is 0 Å². The summed E-state index contributed by atoms with van der Waals surface area (Å²) >= 11 is 0. The number of esters is 2. The maximum atomic E-state index is 12.4. The van der Waals surface area contributed by atoms with Crippen molar-refractivity contribution < 1.29 is 38.1 Å². The van der Waals surface area contributed by atoms with Crippen molar-refractivity contribution in [3.63, 3.8) is 0 Å². The molecule has 0 bridgehead atoms. The number of hydrogen-bond donors (Lipinski definition) is 0. The lowest BCUT2D eigenvalue weighted by Gasteiger charge is -2.06. The van der Waals surface area contributed by atoms with Crippen LogP contribution < -0.4 is 4.74 Å². The summed E-state index contributed by atoms with van der Waals surface area (Å²) in [5, 5.41) is 0. The van der Waals surface area contributed by atoms with Gasteiger partial charge in [-0.05, 0) is 75.8 Å². The molecule has 0 unspecified atom stereocenters. The van der Waals surface area contributed by atoms with Gasteiger partial charge in [-0.2, -0.15) is 0 Å². The van der Waals surface area contributed by atoms with Crippen molar-refractivity contribution in [3.8, 4) is 5.75 Å². The Kier molecular flexibility index (Phi) is 10.8. The standard InChI is InChI=1S/C27H28O8/c1-5-18-32-27(30)33-20(4)11-10-19(3)25(28)34-23-8-7-9-24(17-16-23)35-26(29)21-12-14-22(15-13-21)31-6-2/h8-17H,5-6,18H2,1-4H3/b19-10+,20-11+. The van der Waals surface area contributed by atoms with E-state index in [4.69, 9.17) is 23.7 Å². The van der Waals surface area contributed by atoms with Crippen LogP contribution in [0.2, 0.25) is 0 Å². The molecule has 1 aromatic rings. The highest BCUT2D eigenvalue weighted by atomic mass is 16.7. The highest BCUT2D eigenvalue weighted by Crippen LogP contribution is 2.16. The summed E-state index contributed by atoms with van der Waals surface area (Å²) in [7, 11) is 0. The molecule has 1 aliphatic carbocycles. The van der Waals surface area contributed by atoms with Crippen molar-refractivity contribution in [1.29, 1.82) is 0 Å². The van der Waals surface area contributed by atoms with Gasteiger partial charge in [0.15, 0.2) is 0 Å². The Morgan fingerprint density at radius 3 is 2.20 bits per heavy atom. The summed E-state index contributed by atoms with van der Waals surface area (Å²) < 4.78 is 25.8. The number of carbonyl (C=O) groups is 3. The van der Waals surface area contributed by atoms with Crippen LogP contribution in [-0.2, 0) is 23.7 Å². The molecule has 0 aliphatic heterocycles. The van der Waals surface area contributed by atoms with E-state index in [0.29, 0.717) is 24.3 Å². The molecule has 1 aromatic carbocycles. The SMILES string of the molecule is CCCOC(=O)O/C(C)=C/C=C(\C)C(=O)OC1=CC=C(OC(=O)c2ccc(OCC)cc2)C=C=C1. The minimum Gasteiger partial charge on any atom is -0.494 e. The van der Waals surface area contributed by atoms with Gasteiger partial charge in [0.25, 0.3) is 0 Å².